The van der Waals surface area contributed by atoms with E-state index in [0.29, 0.717) is 22.4 Å². The molecule has 7 heteroatoms. The van der Waals surface area contributed by atoms with E-state index < -0.39 is 0 Å². The fraction of sp³-hybridized carbons (Fsp3) is 0.217. The second-order valence-electron chi connectivity index (χ2n) is 7.28. The molecule has 0 atom stereocenters. The predicted molar refractivity (Wildman–Crippen MR) is 114 cm³/mol. The molecule has 30 heavy (non-hydrogen) atoms. The molecule has 0 bridgehead atoms. The normalized spacial score (nSPS) is 16.2. The Kier molecular flexibility index (Phi) is 5.04. The fourth-order valence-electron chi connectivity index (χ4n) is 3.69. The summed E-state index contributed by atoms with van der Waals surface area (Å²) in [7, 11) is 0. The maximum atomic E-state index is 9.61. The standard InChI is InChI=1S/C23H22N4O3/c28-25-20-15-23(21-14-18-4-2-8-27(18)16-24-21)30-22-6-5-17(13-19(20)22)3-1-7-26-9-11-29-12-10-26/h1-6,8,13-16,28H,7,9-12H2. The number of benzene rings is 1. The quantitative estimate of drug-likeness (QED) is 0.418. The van der Waals surface area contributed by atoms with Crippen molar-refractivity contribution in [3.05, 3.63) is 72.0 Å². The van der Waals surface area contributed by atoms with Gasteiger partial charge < -0.3 is 18.8 Å². The fourth-order valence-corrected chi connectivity index (χ4v) is 3.69. The van der Waals surface area contributed by atoms with Crippen molar-refractivity contribution < 1.29 is 14.4 Å². The Morgan fingerprint density at radius 1 is 1.13 bits per heavy atom. The van der Waals surface area contributed by atoms with E-state index >= 15 is 0 Å². The van der Waals surface area contributed by atoms with Gasteiger partial charge in [-0.15, -0.1) is 0 Å². The lowest BCUT2D eigenvalue weighted by Crippen LogP contribution is -2.36. The summed E-state index contributed by atoms with van der Waals surface area (Å²) in [6, 6.07) is 13.5. The van der Waals surface area contributed by atoms with Crippen molar-refractivity contribution in [1.29, 1.82) is 0 Å². The van der Waals surface area contributed by atoms with Gasteiger partial charge in [0, 0.05) is 42.8 Å². The molecule has 1 N–H and O–H groups in total. The minimum atomic E-state index is 0.451. The van der Waals surface area contributed by atoms with Crippen molar-refractivity contribution in [3.63, 3.8) is 0 Å². The van der Waals surface area contributed by atoms with Gasteiger partial charge >= 0.3 is 0 Å². The van der Waals surface area contributed by atoms with Crippen molar-refractivity contribution in [1.82, 2.24) is 14.3 Å². The number of aromatic nitrogens is 2. The molecule has 1 aromatic carbocycles. The number of fused-ring (bicyclic) bond motifs is 2. The Morgan fingerprint density at radius 2 is 2.03 bits per heavy atom. The molecular weight excluding hydrogens is 380 g/mol. The largest absolute Gasteiger partial charge is 0.454 e. The molecule has 1 aliphatic heterocycles. The molecule has 0 unspecified atom stereocenters. The molecular formula is C23H22N4O3. The van der Waals surface area contributed by atoms with Crippen LogP contribution in [0.15, 0.2) is 70.6 Å². The molecule has 0 amide bonds. The summed E-state index contributed by atoms with van der Waals surface area (Å²) < 4.78 is 13.4. The average Bonchev–Trinajstić information content (AvgIpc) is 3.27. The summed E-state index contributed by atoms with van der Waals surface area (Å²) in [5.41, 5.74) is 3.36. The highest BCUT2D eigenvalue weighted by atomic mass is 16.5. The predicted octanol–water partition coefficient (Wildman–Crippen LogP) is 3.38. The van der Waals surface area contributed by atoms with Gasteiger partial charge in [-0.05, 0) is 35.9 Å². The Morgan fingerprint density at radius 3 is 2.90 bits per heavy atom. The Bertz CT molecular complexity index is 1280. The third-order valence-corrected chi connectivity index (χ3v) is 5.32. The molecule has 0 aliphatic carbocycles. The van der Waals surface area contributed by atoms with Crippen LogP contribution in [0, 0.1) is 0 Å². The first-order valence-electron chi connectivity index (χ1n) is 9.96. The lowest BCUT2D eigenvalue weighted by atomic mass is 10.1. The molecule has 4 heterocycles. The number of nitrogens with zero attached hydrogens (tertiary/aromatic N) is 4. The third-order valence-electron chi connectivity index (χ3n) is 5.32. The highest BCUT2D eigenvalue weighted by molar-refractivity contribution is 5.81. The smallest absolute Gasteiger partial charge is 0.155 e. The van der Waals surface area contributed by atoms with Crippen LogP contribution in [0.1, 0.15) is 5.56 Å². The molecule has 1 fully saturated rings. The topological polar surface area (TPSA) is 75.5 Å². The number of hydrogen-bond donors (Lipinski definition) is 1. The number of hydrogen-bond acceptors (Lipinski definition) is 6. The van der Waals surface area contributed by atoms with Crippen LogP contribution in [0.25, 0.3) is 34.0 Å². The van der Waals surface area contributed by atoms with Crippen LogP contribution in [-0.2, 0) is 4.74 Å². The Labute approximate surface area is 173 Å². The van der Waals surface area contributed by atoms with Gasteiger partial charge in [0.15, 0.2) is 5.76 Å². The van der Waals surface area contributed by atoms with E-state index in [2.05, 4.69) is 27.2 Å². The van der Waals surface area contributed by atoms with Gasteiger partial charge in [0.1, 0.15) is 16.6 Å². The summed E-state index contributed by atoms with van der Waals surface area (Å²) >= 11 is 0. The highest BCUT2D eigenvalue weighted by Crippen LogP contribution is 2.23. The molecule has 3 aromatic heterocycles. The monoisotopic (exact) mass is 402 g/mol. The molecule has 5 rings (SSSR count). The molecule has 0 spiro atoms. The average molecular weight is 402 g/mol. The van der Waals surface area contributed by atoms with E-state index in [9.17, 15) is 5.21 Å². The van der Waals surface area contributed by atoms with Crippen LogP contribution < -0.4 is 5.36 Å². The lowest BCUT2D eigenvalue weighted by Gasteiger charge is -2.25. The first-order valence-corrected chi connectivity index (χ1v) is 9.96. The van der Waals surface area contributed by atoms with Crippen LogP contribution >= 0.6 is 0 Å². The van der Waals surface area contributed by atoms with E-state index in [-0.39, 0.29) is 0 Å². The first-order chi connectivity index (χ1) is 14.8. The SMILES string of the molecule is ON=c1cc(-c2cc3cccn3cn2)oc2ccc(C=CCN3CCOCC3)cc12. The van der Waals surface area contributed by atoms with Crippen LogP contribution in [0.4, 0.5) is 0 Å². The van der Waals surface area contributed by atoms with Crippen LogP contribution in [0.3, 0.4) is 0 Å². The Balaban J connectivity index is 1.46. The zero-order chi connectivity index (χ0) is 20.3. The lowest BCUT2D eigenvalue weighted by molar-refractivity contribution is 0.0435. The number of ether oxygens (including phenoxy) is 1. The van der Waals surface area contributed by atoms with E-state index in [1.165, 1.54) is 0 Å². The van der Waals surface area contributed by atoms with Crippen LogP contribution in [0.2, 0.25) is 0 Å². The molecule has 152 valence electrons. The van der Waals surface area contributed by atoms with Crippen molar-refractivity contribution in [3.8, 4) is 11.5 Å². The molecule has 0 saturated carbocycles. The molecule has 1 aliphatic rings. The van der Waals surface area contributed by atoms with Crippen molar-refractivity contribution in [2.24, 2.45) is 5.16 Å². The summed E-state index contributed by atoms with van der Waals surface area (Å²) in [5.74, 6) is 0.551. The van der Waals surface area contributed by atoms with E-state index in [1.807, 2.05) is 47.0 Å². The maximum absolute atomic E-state index is 9.61. The Hall–Kier alpha value is -3.42. The summed E-state index contributed by atoms with van der Waals surface area (Å²) in [6.45, 7) is 4.39. The van der Waals surface area contributed by atoms with Crippen LogP contribution in [0.5, 0.6) is 0 Å². The van der Waals surface area contributed by atoms with E-state index in [4.69, 9.17) is 9.15 Å². The summed E-state index contributed by atoms with van der Waals surface area (Å²) in [6.07, 6.45) is 7.89. The third kappa shape index (κ3) is 3.72. The zero-order valence-electron chi connectivity index (χ0n) is 16.4. The van der Waals surface area contributed by atoms with Gasteiger partial charge in [-0.3, -0.25) is 4.90 Å². The number of rotatable bonds is 4. The van der Waals surface area contributed by atoms with Gasteiger partial charge in [0.2, 0.25) is 0 Å². The van der Waals surface area contributed by atoms with Gasteiger partial charge in [0.05, 0.1) is 19.5 Å². The zero-order valence-corrected chi connectivity index (χ0v) is 16.4. The minimum Gasteiger partial charge on any atom is -0.454 e. The van der Waals surface area contributed by atoms with Gasteiger partial charge in [-0.2, -0.15) is 0 Å². The van der Waals surface area contributed by atoms with Gasteiger partial charge in [-0.1, -0.05) is 23.4 Å². The number of morpholine rings is 1. The second-order valence-corrected chi connectivity index (χ2v) is 7.28. The van der Waals surface area contributed by atoms with Gasteiger partial charge in [-0.25, -0.2) is 4.98 Å². The summed E-state index contributed by atoms with van der Waals surface area (Å²) in [4.78, 5) is 6.81. The summed E-state index contributed by atoms with van der Waals surface area (Å²) in [5, 5.41) is 14.3. The molecule has 1 saturated heterocycles. The maximum Gasteiger partial charge on any atom is 0.155 e. The molecule has 7 nitrogen and oxygen atoms in total. The van der Waals surface area contributed by atoms with E-state index in [0.717, 1.165) is 49.3 Å². The first kappa shape index (κ1) is 18.6. The molecule has 4 aromatic rings. The van der Waals surface area contributed by atoms with Crippen LogP contribution in [-0.4, -0.2) is 52.3 Å². The minimum absolute atomic E-state index is 0.451. The highest BCUT2D eigenvalue weighted by Gasteiger charge is 2.10. The van der Waals surface area contributed by atoms with Crippen molar-refractivity contribution >= 4 is 22.6 Å². The second kappa shape index (κ2) is 8.14. The van der Waals surface area contributed by atoms with E-state index in [1.54, 1.807) is 12.4 Å². The van der Waals surface area contributed by atoms with Crippen molar-refractivity contribution in [2.75, 3.05) is 32.8 Å². The van der Waals surface area contributed by atoms with Crippen molar-refractivity contribution in [2.45, 2.75) is 0 Å². The molecule has 0 radical (unpaired) electrons. The van der Waals surface area contributed by atoms with Gasteiger partial charge in [0.25, 0.3) is 0 Å².